The second-order valence-electron chi connectivity index (χ2n) is 5.03. The van der Waals surface area contributed by atoms with Gasteiger partial charge in [-0.15, -0.1) is 22.9 Å². The summed E-state index contributed by atoms with van der Waals surface area (Å²) in [6.45, 7) is 1.18. The van der Waals surface area contributed by atoms with Crippen LogP contribution in [0.4, 0.5) is 0 Å². The van der Waals surface area contributed by atoms with Gasteiger partial charge in [0.05, 0.1) is 0 Å². The van der Waals surface area contributed by atoms with Gasteiger partial charge in [-0.3, -0.25) is 0 Å². The summed E-state index contributed by atoms with van der Waals surface area (Å²) in [6, 6.07) is 1.99. The predicted molar refractivity (Wildman–Crippen MR) is 79.3 cm³/mol. The maximum absolute atomic E-state index is 12.6. The van der Waals surface area contributed by atoms with E-state index in [-0.39, 0.29) is 0 Å². The van der Waals surface area contributed by atoms with E-state index in [0.717, 1.165) is 18.4 Å². The predicted octanol–water partition coefficient (Wildman–Crippen LogP) is 2.20. The van der Waals surface area contributed by atoms with Crippen molar-refractivity contribution in [2.75, 3.05) is 27.2 Å². The van der Waals surface area contributed by atoms with Crippen LogP contribution in [-0.2, 0) is 15.9 Å². The van der Waals surface area contributed by atoms with Gasteiger partial charge in [0.2, 0.25) is 0 Å². The van der Waals surface area contributed by atoms with Crippen LogP contribution < -0.4 is 0 Å². The van der Waals surface area contributed by atoms with Crippen LogP contribution in [-0.4, -0.2) is 50.8 Å². The molecule has 1 unspecified atom stereocenters. The molecule has 1 aliphatic rings. The fraction of sp³-hybridized carbons (Fsp3) is 0.667. The van der Waals surface area contributed by atoms with E-state index < -0.39 is 10.0 Å². The first-order valence-corrected chi connectivity index (χ1v) is 9.10. The molecule has 1 aliphatic heterocycles. The van der Waals surface area contributed by atoms with E-state index in [4.69, 9.17) is 11.6 Å². The van der Waals surface area contributed by atoms with E-state index in [9.17, 15) is 8.42 Å². The molecule has 1 fully saturated rings. The Morgan fingerprint density at radius 2 is 2.26 bits per heavy atom. The number of hydrogen-bond donors (Lipinski definition) is 0. The van der Waals surface area contributed by atoms with Crippen molar-refractivity contribution in [1.29, 1.82) is 0 Å². The SMILES string of the molecule is CN(C)C1CCCN(S(=O)(=O)c2cc(CCl)cs2)C1. The van der Waals surface area contributed by atoms with E-state index in [2.05, 4.69) is 4.90 Å². The van der Waals surface area contributed by atoms with Crippen LogP contribution >= 0.6 is 22.9 Å². The first kappa shape index (κ1) is 15.3. The van der Waals surface area contributed by atoms with E-state index in [1.54, 1.807) is 10.4 Å². The van der Waals surface area contributed by atoms with Crippen LogP contribution in [0.15, 0.2) is 15.7 Å². The van der Waals surface area contributed by atoms with Gasteiger partial charge in [0, 0.05) is 25.0 Å². The molecule has 19 heavy (non-hydrogen) atoms. The zero-order chi connectivity index (χ0) is 14.0. The number of rotatable bonds is 4. The average molecular weight is 323 g/mol. The highest BCUT2D eigenvalue weighted by atomic mass is 35.5. The molecule has 1 atom stereocenters. The van der Waals surface area contributed by atoms with Gasteiger partial charge in [0.25, 0.3) is 10.0 Å². The van der Waals surface area contributed by atoms with Gasteiger partial charge in [-0.1, -0.05) is 0 Å². The zero-order valence-electron chi connectivity index (χ0n) is 11.2. The van der Waals surface area contributed by atoms with Crippen LogP contribution in [0.2, 0.25) is 0 Å². The molecule has 2 heterocycles. The van der Waals surface area contributed by atoms with Gasteiger partial charge in [-0.2, -0.15) is 4.31 Å². The highest BCUT2D eigenvalue weighted by Gasteiger charge is 2.31. The summed E-state index contributed by atoms with van der Waals surface area (Å²) in [4.78, 5) is 2.10. The van der Waals surface area contributed by atoms with E-state index in [1.165, 1.54) is 11.3 Å². The number of hydrogen-bond acceptors (Lipinski definition) is 4. The Kier molecular flexibility index (Phi) is 4.89. The molecule has 0 saturated carbocycles. The quantitative estimate of drug-likeness (QED) is 0.798. The maximum Gasteiger partial charge on any atom is 0.252 e. The zero-order valence-corrected chi connectivity index (χ0v) is 13.6. The van der Waals surface area contributed by atoms with E-state index >= 15 is 0 Å². The first-order valence-electron chi connectivity index (χ1n) is 6.25. The van der Waals surface area contributed by atoms with Crippen molar-refractivity contribution in [1.82, 2.24) is 9.21 Å². The second kappa shape index (κ2) is 6.10. The molecule has 0 bridgehead atoms. The standard InChI is InChI=1S/C12H19ClN2O2S2/c1-14(2)11-4-3-5-15(8-11)19(16,17)12-6-10(7-13)9-18-12/h6,9,11H,3-5,7-8H2,1-2H3. The van der Waals surface area contributed by atoms with Gasteiger partial charge in [0.1, 0.15) is 4.21 Å². The third kappa shape index (κ3) is 3.31. The minimum absolute atomic E-state index is 0.302. The average Bonchev–Trinajstić information content (AvgIpc) is 2.88. The molecule has 108 valence electrons. The Bertz CT molecular complexity index is 528. The number of sulfonamides is 1. The lowest BCUT2D eigenvalue weighted by atomic mass is 10.1. The van der Waals surface area contributed by atoms with Crippen LogP contribution in [0.25, 0.3) is 0 Å². The molecule has 4 nitrogen and oxygen atoms in total. The van der Waals surface area contributed by atoms with Crippen molar-refractivity contribution < 1.29 is 8.42 Å². The lowest BCUT2D eigenvalue weighted by molar-refractivity contribution is 0.190. The number of halogens is 1. The lowest BCUT2D eigenvalue weighted by Gasteiger charge is -2.35. The van der Waals surface area contributed by atoms with Crippen molar-refractivity contribution in [3.8, 4) is 0 Å². The van der Waals surface area contributed by atoms with Crippen molar-refractivity contribution >= 4 is 33.0 Å². The van der Waals surface area contributed by atoms with Gasteiger partial charge in [-0.05, 0) is 43.9 Å². The van der Waals surface area contributed by atoms with Crippen LogP contribution in [0.5, 0.6) is 0 Å². The van der Waals surface area contributed by atoms with Gasteiger partial charge in [0.15, 0.2) is 0 Å². The summed E-state index contributed by atoms with van der Waals surface area (Å²) < 4.78 is 27.1. The molecule has 1 aromatic rings. The largest absolute Gasteiger partial charge is 0.305 e. The molecular weight excluding hydrogens is 304 g/mol. The second-order valence-corrected chi connectivity index (χ2v) is 8.37. The van der Waals surface area contributed by atoms with Crippen molar-refractivity contribution in [2.24, 2.45) is 0 Å². The fourth-order valence-corrected chi connectivity index (χ4v) is 5.37. The smallest absolute Gasteiger partial charge is 0.252 e. The molecule has 1 aromatic heterocycles. The molecule has 2 rings (SSSR count). The Hall–Kier alpha value is -0.140. The maximum atomic E-state index is 12.6. The Morgan fingerprint density at radius 3 is 2.84 bits per heavy atom. The van der Waals surface area contributed by atoms with Crippen LogP contribution in [0.3, 0.4) is 0 Å². The molecule has 7 heteroatoms. The number of piperidine rings is 1. The first-order chi connectivity index (χ1) is 8.95. The summed E-state index contributed by atoms with van der Waals surface area (Å²) in [5, 5.41) is 1.81. The number of likely N-dealkylation sites (N-methyl/N-ethyl adjacent to an activating group) is 1. The topological polar surface area (TPSA) is 40.6 Å². The normalized spacial score (nSPS) is 22.0. The third-order valence-corrected chi connectivity index (χ3v) is 7.11. The summed E-state index contributed by atoms with van der Waals surface area (Å²) in [5.74, 6) is 0.354. The number of thiophene rings is 1. The molecular formula is C12H19ClN2O2S2. The van der Waals surface area contributed by atoms with Gasteiger partial charge in [-0.25, -0.2) is 8.42 Å². The third-order valence-electron chi connectivity index (χ3n) is 3.47. The molecule has 0 N–H and O–H groups in total. The minimum atomic E-state index is -3.35. The molecule has 0 amide bonds. The Labute approximate surface area is 124 Å². The van der Waals surface area contributed by atoms with E-state index in [0.29, 0.717) is 29.2 Å². The summed E-state index contributed by atoms with van der Waals surface area (Å²) in [7, 11) is 0.644. The molecule has 0 aromatic carbocycles. The summed E-state index contributed by atoms with van der Waals surface area (Å²) in [6.07, 6.45) is 1.96. The van der Waals surface area contributed by atoms with Crippen LogP contribution in [0.1, 0.15) is 18.4 Å². The molecule has 0 spiro atoms. The lowest BCUT2D eigenvalue weighted by Crippen LogP contribution is -2.47. The van der Waals surface area contributed by atoms with Crippen molar-refractivity contribution in [3.05, 3.63) is 17.0 Å². The monoisotopic (exact) mass is 322 g/mol. The molecule has 1 saturated heterocycles. The van der Waals surface area contributed by atoms with Crippen LogP contribution in [0, 0.1) is 0 Å². The highest BCUT2D eigenvalue weighted by Crippen LogP contribution is 2.27. The molecule has 0 aliphatic carbocycles. The van der Waals surface area contributed by atoms with Gasteiger partial charge < -0.3 is 4.90 Å². The summed E-state index contributed by atoms with van der Waals surface area (Å²) in [5.41, 5.74) is 0.867. The number of nitrogens with zero attached hydrogens (tertiary/aromatic N) is 2. The Balaban J connectivity index is 2.19. The minimum Gasteiger partial charge on any atom is -0.305 e. The molecule has 0 radical (unpaired) electrons. The van der Waals surface area contributed by atoms with Crippen molar-refractivity contribution in [3.63, 3.8) is 0 Å². The highest BCUT2D eigenvalue weighted by molar-refractivity contribution is 7.91. The van der Waals surface area contributed by atoms with Crippen molar-refractivity contribution in [2.45, 2.75) is 29.0 Å². The summed E-state index contributed by atoms with van der Waals surface area (Å²) >= 11 is 6.99. The fourth-order valence-electron chi connectivity index (χ4n) is 2.25. The number of alkyl halides is 1. The van der Waals surface area contributed by atoms with E-state index in [1.807, 2.05) is 19.5 Å². The van der Waals surface area contributed by atoms with Gasteiger partial charge >= 0.3 is 0 Å². The Morgan fingerprint density at radius 1 is 1.53 bits per heavy atom.